The largest absolute Gasteiger partial charge is 0.496 e. The fourth-order valence-corrected chi connectivity index (χ4v) is 4.08. The third kappa shape index (κ3) is 5.09. The first kappa shape index (κ1) is 18.9. The number of benzene rings is 1. The zero-order valence-corrected chi connectivity index (χ0v) is 16.2. The molecule has 1 atom stereocenters. The number of para-hydroxylation sites is 1. The molecule has 0 saturated carbocycles. The Morgan fingerprint density at radius 2 is 2.00 bits per heavy atom. The van der Waals surface area contributed by atoms with E-state index in [1.165, 1.54) is 17.5 Å². The van der Waals surface area contributed by atoms with E-state index in [4.69, 9.17) is 4.74 Å². The van der Waals surface area contributed by atoms with Gasteiger partial charge in [-0.2, -0.15) is 0 Å². The molecule has 142 valence electrons. The van der Waals surface area contributed by atoms with E-state index >= 15 is 0 Å². The highest BCUT2D eigenvalue weighted by Gasteiger charge is 2.22. The van der Waals surface area contributed by atoms with Crippen molar-refractivity contribution in [1.29, 1.82) is 0 Å². The van der Waals surface area contributed by atoms with Crippen LogP contribution < -0.4 is 9.46 Å². The van der Waals surface area contributed by atoms with Crippen LogP contribution >= 0.6 is 0 Å². The summed E-state index contributed by atoms with van der Waals surface area (Å²) in [6.45, 7) is 4.00. The average molecular weight is 378 g/mol. The monoisotopic (exact) mass is 377 g/mol. The number of rotatable bonds is 7. The molecule has 3 rings (SSSR count). The predicted octanol–water partition coefficient (Wildman–Crippen LogP) is 2.07. The van der Waals surface area contributed by atoms with Gasteiger partial charge in [0.05, 0.1) is 13.4 Å². The number of sulfonamides is 1. The molecule has 1 N–H and O–H groups in total. The molecule has 1 aliphatic heterocycles. The Balaban J connectivity index is 1.72. The molecule has 2 aromatic rings. The van der Waals surface area contributed by atoms with Gasteiger partial charge in [-0.1, -0.05) is 18.2 Å². The molecule has 7 heteroatoms. The molecule has 0 saturated heterocycles. The minimum absolute atomic E-state index is 0.382. The lowest BCUT2D eigenvalue weighted by Crippen LogP contribution is -2.31. The van der Waals surface area contributed by atoms with E-state index in [9.17, 15) is 8.42 Å². The van der Waals surface area contributed by atoms with Crippen LogP contribution in [0.3, 0.4) is 0 Å². The summed E-state index contributed by atoms with van der Waals surface area (Å²) in [4.78, 5) is 2.42. The molecule has 26 heavy (non-hydrogen) atoms. The van der Waals surface area contributed by atoms with E-state index in [1.54, 1.807) is 7.11 Å². The third-order valence-corrected chi connectivity index (χ3v) is 5.51. The number of hydrogen-bond acceptors (Lipinski definition) is 4. The number of nitrogens with zero attached hydrogens (tertiary/aromatic N) is 2. The second kappa shape index (κ2) is 8.24. The van der Waals surface area contributed by atoms with Crippen LogP contribution in [0.4, 0.5) is 0 Å². The predicted molar refractivity (Wildman–Crippen MR) is 102 cm³/mol. The molecule has 1 aliphatic rings. The van der Waals surface area contributed by atoms with E-state index in [0.717, 1.165) is 38.3 Å². The van der Waals surface area contributed by atoms with Crippen molar-refractivity contribution in [2.45, 2.75) is 26.1 Å². The van der Waals surface area contributed by atoms with Crippen LogP contribution in [-0.2, 0) is 29.7 Å². The van der Waals surface area contributed by atoms with Crippen molar-refractivity contribution in [3.63, 3.8) is 0 Å². The maximum Gasteiger partial charge on any atom is 0.208 e. The van der Waals surface area contributed by atoms with E-state index in [-0.39, 0.29) is 0 Å². The van der Waals surface area contributed by atoms with E-state index in [2.05, 4.69) is 38.6 Å². The molecule has 6 nitrogen and oxygen atoms in total. The third-order valence-electron chi connectivity index (χ3n) is 4.78. The summed E-state index contributed by atoms with van der Waals surface area (Å²) in [7, 11) is -1.44. The summed E-state index contributed by atoms with van der Waals surface area (Å²) in [5.41, 5.74) is 2.46. The van der Waals surface area contributed by atoms with Crippen molar-refractivity contribution < 1.29 is 13.2 Å². The smallest absolute Gasteiger partial charge is 0.208 e. The standard InChI is InChI=1S/C19H27N3O3S/c1-25-19-8-4-3-6-17(19)14-21-12-16(9-10-20-26(2,23)24)13-22-11-5-7-18(22)15-21/h3-8,11,16,20H,9-10,12-15H2,1-2H3/t16-/m0/s1. The first-order valence-corrected chi connectivity index (χ1v) is 10.8. The highest BCUT2D eigenvalue weighted by Crippen LogP contribution is 2.24. The van der Waals surface area contributed by atoms with Crippen molar-refractivity contribution >= 4 is 10.0 Å². The topological polar surface area (TPSA) is 63.6 Å². The van der Waals surface area contributed by atoms with Crippen LogP contribution in [0, 0.1) is 5.92 Å². The highest BCUT2D eigenvalue weighted by atomic mass is 32.2. The first-order chi connectivity index (χ1) is 12.4. The maximum absolute atomic E-state index is 11.3. The summed E-state index contributed by atoms with van der Waals surface area (Å²) >= 11 is 0. The fraction of sp³-hybridized carbons (Fsp3) is 0.474. The van der Waals surface area contributed by atoms with Crippen LogP contribution in [0.5, 0.6) is 5.75 Å². The number of nitrogens with one attached hydrogen (secondary N) is 1. The summed E-state index contributed by atoms with van der Waals surface area (Å²) in [6.07, 6.45) is 4.13. The Bertz CT molecular complexity index is 832. The van der Waals surface area contributed by atoms with Gasteiger partial charge in [0, 0.05) is 50.2 Å². The van der Waals surface area contributed by atoms with Gasteiger partial charge in [0.25, 0.3) is 0 Å². The number of aromatic nitrogens is 1. The SMILES string of the molecule is COc1ccccc1CN1Cc2cccn2C[C@@H](CCNS(C)(=O)=O)C1. The van der Waals surface area contributed by atoms with Crippen molar-refractivity contribution in [2.24, 2.45) is 5.92 Å². The zero-order chi connectivity index (χ0) is 18.6. The quantitative estimate of drug-likeness (QED) is 0.802. The molecule has 2 heterocycles. The van der Waals surface area contributed by atoms with E-state index < -0.39 is 10.0 Å². The fourth-order valence-electron chi connectivity index (χ4n) is 3.59. The van der Waals surface area contributed by atoms with Gasteiger partial charge in [0.1, 0.15) is 5.75 Å². The maximum atomic E-state index is 11.3. The lowest BCUT2D eigenvalue weighted by molar-refractivity contribution is 0.213. The normalized spacial score (nSPS) is 18.3. The number of hydrogen-bond donors (Lipinski definition) is 1. The Morgan fingerprint density at radius 1 is 1.19 bits per heavy atom. The number of methoxy groups -OCH3 is 1. The molecule has 1 aromatic heterocycles. The molecular weight excluding hydrogens is 350 g/mol. The van der Waals surface area contributed by atoms with E-state index in [0.29, 0.717) is 12.5 Å². The van der Waals surface area contributed by atoms with Gasteiger partial charge in [-0.25, -0.2) is 13.1 Å². The van der Waals surface area contributed by atoms with Crippen molar-refractivity contribution in [3.8, 4) is 5.75 Å². The summed E-state index contributed by atoms with van der Waals surface area (Å²) in [5, 5.41) is 0. The van der Waals surface area contributed by atoms with Crippen LogP contribution in [0.25, 0.3) is 0 Å². The van der Waals surface area contributed by atoms with Crippen molar-refractivity contribution in [3.05, 3.63) is 53.9 Å². The van der Waals surface area contributed by atoms with Crippen LogP contribution in [0.1, 0.15) is 17.7 Å². The molecule has 0 bridgehead atoms. The molecule has 0 spiro atoms. The van der Waals surface area contributed by atoms with Gasteiger partial charge in [0.15, 0.2) is 0 Å². The Morgan fingerprint density at radius 3 is 2.77 bits per heavy atom. The van der Waals surface area contributed by atoms with Crippen LogP contribution in [0.15, 0.2) is 42.6 Å². The minimum Gasteiger partial charge on any atom is -0.496 e. The van der Waals surface area contributed by atoms with Gasteiger partial charge < -0.3 is 9.30 Å². The highest BCUT2D eigenvalue weighted by molar-refractivity contribution is 7.88. The van der Waals surface area contributed by atoms with Crippen LogP contribution in [0.2, 0.25) is 0 Å². The first-order valence-electron chi connectivity index (χ1n) is 8.87. The van der Waals surface area contributed by atoms with Crippen LogP contribution in [-0.4, -0.2) is 44.3 Å². The molecule has 0 fully saturated rings. The summed E-state index contributed by atoms with van der Waals surface area (Å²) in [5.74, 6) is 1.29. The minimum atomic E-state index is -3.14. The Hall–Kier alpha value is -1.83. The van der Waals surface area contributed by atoms with Crippen molar-refractivity contribution in [2.75, 3.05) is 26.5 Å². The second-order valence-electron chi connectivity index (χ2n) is 6.95. The molecule has 0 amide bonds. The van der Waals surface area contributed by atoms with E-state index in [1.807, 2.05) is 18.2 Å². The average Bonchev–Trinajstić information content (AvgIpc) is 2.94. The number of ether oxygens (including phenoxy) is 1. The Kier molecular flexibility index (Phi) is 6.01. The second-order valence-corrected chi connectivity index (χ2v) is 8.79. The van der Waals surface area contributed by atoms with Gasteiger partial charge >= 0.3 is 0 Å². The zero-order valence-electron chi connectivity index (χ0n) is 15.4. The molecular formula is C19H27N3O3S. The lowest BCUT2D eigenvalue weighted by atomic mass is 10.0. The summed E-state index contributed by atoms with van der Waals surface area (Å²) < 4.78 is 33.1. The molecule has 0 aliphatic carbocycles. The van der Waals surface area contributed by atoms with Gasteiger partial charge in [0.2, 0.25) is 10.0 Å². The van der Waals surface area contributed by atoms with Crippen molar-refractivity contribution in [1.82, 2.24) is 14.2 Å². The summed E-state index contributed by atoms with van der Waals surface area (Å²) in [6, 6.07) is 12.3. The number of fused-ring (bicyclic) bond motifs is 1. The van der Waals surface area contributed by atoms with Gasteiger partial charge in [-0.15, -0.1) is 0 Å². The molecule has 1 aromatic carbocycles. The lowest BCUT2D eigenvalue weighted by Gasteiger charge is -2.25. The Labute approximate surface area is 155 Å². The van der Waals surface area contributed by atoms with Gasteiger partial charge in [-0.05, 0) is 30.5 Å². The molecule has 0 unspecified atom stereocenters. The van der Waals surface area contributed by atoms with Gasteiger partial charge in [-0.3, -0.25) is 4.90 Å². The molecule has 0 radical (unpaired) electrons.